The second-order valence-electron chi connectivity index (χ2n) is 10.4. The summed E-state index contributed by atoms with van der Waals surface area (Å²) in [5.41, 5.74) is 2.13. The number of pyridine rings is 2. The number of nitrogens with zero attached hydrogens (tertiary/aromatic N) is 6. The molecule has 0 saturated carbocycles. The quantitative estimate of drug-likeness (QED) is 0.286. The minimum absolute atomic E-state index is 0.114. The van der Waals surface area contributed by atoms with Gasteiger partial charge in [-0.25, -0.2) is 13.8 Å². The SMILES string of the molecule is COc1cnc2c(Oc3ccc(Nc4nnc(N5CCN6CC(F)(F)C[C@@H]6C5)c5ccccc45)cc3)ccnc2c1. The van der Waals surface area contributed by atoms with Crippen LogP contribution in [-0.2, 0) is 0 Å². The molecule has 41 heavy (non-hydrogen) atoms. The van der Waals surface area contributed by atoms with Crippen molar-refractivity contribution in [3.63, 3.8) is 0 Å². The van der Waals surface area contributed by atoms with E-state index in [2.05, 4.69) is 30.4 Å². The molecule has 0 spiro atoms. The van der Waals surface area contributed by atoms with Crippen LogP contribution in [0.1, 0.15) is 6.42 Å². The van der Waals surface area contributed by atoms with Gasteiger partial charge in [-0.3, -0.25) is 9.88 Å². The molecule has 9 nitrogen and oxygen atoms in total. The highest BCUT2D eigenvalue weighted by Crippen LogP contribution is 2.37. The molecule has 7 rings (SSSR count). The van der Waals surface area contributed by atoms with Crippen molar-refractivity contribution in [3.05, 3.63) is 73.1 Å². The normalized spacial score (nSPS) is 18.4. The van der Waals surface area contributed by atoms with Crippen LogP contribution in [0.4, 0.5) is 26.1 Å². The minimum atomic E-state index is -2.63. The first kappa shape index (κ1) is 25.3. The summed E-state index contributed by atoms with van der Waals surface area (Å²) in [6.45, 7) is 1.58. The Labute approximate surface area is 234 Å². The van der Waals surface area contributed by atoms with Gasteiger partial charge in [-0.2, -0.15) is 0 Å². The summed E-state index contributed by atoms with van der Waals surface area (Å²) >= 11 is 0. The monoisotopic (exact) mass is 555 g/mol. The highest BCUT2D eigenvalue weighted by molar-refractivity contribution is 5.99. The van der Waals surface area contributed by atoms with Gasteiger partial charge >= 0.3 is 0 Å². The summed E-state index contributed by atoms with van der Waals surface area (Å²) in [5, 5.41) is 14.3. The number of ether oxygens (including phenoxy) is 2. The third-order valence-corrected chi connectivity index (χ3v) is 7.64. The van der Waals surface area contributed by atoms with Crippen molar-refractivity contribution in [2.75, 3.05) is 43.5 Å². The zero-order valence-electron chi connectivity index (χ0n) is 22.3. The van der Waals surface area contributed by atoms with Gasteiger partial charge in [-0.15, -0.1) is 10.2 Å². The second kappa shape index (κ2) is 10.1. The Kier molecular flexibility index (Phi) is 6.23. The van der Waals surface area contributed by atoms with Crippen molar-refractivity contribution >= 4 is 39.1 Å². The molecular formula is C30H27F2N7O2. The number of methoxy groups -OCH3 is 1. The maximum Gasteiger partial charge on any atom is 0.262 e. The number of hydrogen-bond acceptors (Lipinski definition) is 9. The summed E-state index contributed by atoms with van der Waals surface area (Å²) in [4.78, 5) is 12.8. The summed E-state index contributed by atoms with van der Waals surface area (Å²) in [5.74, 6) is 0.571. The number of rotatable bonds is 6. The van der Waals surface area contributed by atoms with E-state index in [9.17, 15) is 8.78 Å². The number of piperazine rings is 1. The molecule has 2 saturated heterocycles. The number of benzene rings is 2. The molecule has 0 radical (unpaired) electrons. The largest absolute Gasteiger partial charge is 0.495 e. The molecule has 1 atom stereocenters. The first-order chi connectivity index (χ1) is 20.0. The molecule has 0 aliphatic carbocycles. The lowest BCUT2D eigenvalue weighted by Crippen LogP contribution is -2.50. The lowest BCUT2D eigenvalue weighted by molar-refractivity contribution is 0.0125. The van der Waals surface area contributed by atoms with Gasteiger partial charge in [0, 0.05) is 66.9 Å². The fraction of sp³-hybridized carbons (Fsp3) is 0.267. The molecule has 5 aromatic rings. The van der Waals surface area contributed by atoms with Gasteiger partial charge in [-0.1, -0.05) is 24.3 Å². The van der Waals surface area contributed by atoms with Crippen molar-refractivity contribution < 1.29 is 18.3 Å². The third kappa shape index (κ3) is 4.93. The van der Waals surface area contributed by atoms with Crippen LogP contribution in [0.2, 0.25) is 0 Å². The second-order valence-corrected chi connectivity index (χ2v) is 10.4. The third-order valence-electron chi connectivity index (χ3n) is 7.64. The molecule has 5 heterocycles. The van der Waals surface area contributed by atoms with Crippen LogP contribution in [0, 0.1) is 0 Å². The van der Waals surface area contributed by atoms with Crippen LogP contribution in [0.3, 0.4) is 0 Å². The van der Waals surface area contributed by atoms with Crippen LogP contribution in [0.25, 0.3) is 21.8 Å². The number of aromatic nitrogens is 4. The average Bonchev–Trinajstić information content (AvgIpc) is 3.31. The van der Waals surface area contributed by atoms with Gasteiger partial charge in [0.2, 0.25) is 0 Å². The highest BCUT2D eigenvalue weighted by Gasteiger charge is 2.47. The van der Waals surface area contributed by atoms with Crippen LogP contribution in [0.5, 0.6) is 17.2 Å². The molecule has 0 bridgehead atoms. The van der Waals surface area contributed by atoms with Crippen molar-refractivity contribution in [3.8, 4) is 17.2 Å². The molecular weight excluding hydrogens is 528 g/mol. The smallest absolute Gasteiger partial charge is 0.262 e. The van der Waals surface area contributed by atoms with E-state index in [1.54, 1.807) is 25.6 Å². The van der Waals surface area contributed by atoms with E-state index in [1.165, 1.54) is 0 Å². The van der Waals surface area contributed by atoms with Gasteiger partial charge in [0.1, 0.15) is 17.0 Å². The Balaban J connectivity index is 1.10. The van der Waals surface area contributed by atoms with E-state index in [4.69, 9.17) is 9.47 Å². The van der Waals surface area contributed by atoms with Crippen molar-refractivity contribution in [1.29, 1.82) is 0 Å². The molecule has 2 aliphatic heterocycles. The van der Waals surface area contributed by atoms with Gasteiger partial charge in [-0.05, 0) is 24.3 Å². The van der Waals surface area contributed by atoms with E-state index in [0.29, 0.717) is 53.7 Å². The number of nitrogens with one attached hydrogen (secondary N) is 1. The zero-order valence-corrected chi connectivity index (χ0v) is 22.3. The van der Waals surface area contributed by atoms with Crippen molar-refractivity contribution in [2.45, 2.75) is 18.4 Å². The number of alkyl halides is 2. The molecule has 2 aliphatic rings. The standard InChI is InChI=1S/C30H27F2N7O2/c1-40-22-14-25-27(34-16-22)26(10-11-33-25)41-21-8-6-19(7-9-21)35-28-23-4-2-3-5-24(23)29(37-36-28)38-12-13-39-18-30(31,32)15-20(39)17-38/h2-11,14,16,20H,12-13,15,17-18H2,1H3,(H,35,36)/t20-/m1/s1. The molecule has 2 aromatic carbocycles. The lowest BCUT2D eigenvalue weighted by atomic mass is 10.1. The molecule has 0 unspecified atom stereocenters. The summed E-state index contributed by atoms with van der Waals surface area (Å²) in [6, 6.07) is 18.8. The topological polar surface area (TPSA) is 88.5 Å². The first-order valence-electron chi connectivity index (χ1n) is 13.4. The Morgan fingerprint density at radius 2 is 1.78 bits per heavy atom. The maximum atomic E-state index is 14.0. The maximum absolute atomic E-state index is 14.0. The Morgan fingerprint density at radius 1 is 0.951 bits per heavy atom. The Bertz CT molecular complexity index is 1730. The molecule has 3 aromatic heterocycles. The minimum Gasteiger partial charge on any atom is -0.495 e. The van der Waals surface area contributed by atoms with Gasteiger partial charge in [0.15, 0.2) is 17.4 Å². The van der Waals surface area contributed by atoms with Crippen molar-refractivity contribution in [2.24, 2.45) is 0 Å². The van der Waals surface area contributed by atoms with E-state index in [0.717, 1.165) is 22.3 Å². The predicted molar refractivity (Wildman–Crippen MR) is 153 cm³/mol. The average molecular weight is 556 g/mol. The predicted octanol–water partition coefficient (Wildman–Crippen LogP) is 5.65. The van der Waals surface area contributed by atoms with E-state index in [1.807, 2.05) is 59.5 Å². The van der Waals surface area contributed by atoms with E-state index >= 15 is 0 Å². The van der Waals surface area contributed by atoms with Crippen LogP contribution in [-0.4, -0.2) is 70.3 Å². The summed E-state index contributed by atoms with van der Waals surface area (Å²) in [7, 11) is 1.59. The fourth-order valence-electron chi connectivity index (χ4n) is 5.66. The fourth-order valence-corrected chi connectivity index (χ4v) is 5.66. The van der Waals surface area contributed by atoms with Gasteiger partial charge < -0.3 is 19.7 Å². The lowest BCUT2D eigenvalue weighted by Gasteiger charge is -2.37. The number of anilines is 3. The summed E-state index contributed by atoms with van der Waals surface area (Å²) < 4.78 is 39.3. The molecule has 2 fully saturated rings. The molecule has 208 valence electrons. The van der Waals surface area contributed by atoms with Gasteiger partial charge in [0.25, 0.3) is 5.92 Å². The number of fused-ring (bicyclic) bond motifs is 3. The van der Waals surface area contributed by atoms with E-state index in [-0.39, 0.29) is 19.0 Å². The van der Waals surface area contributed by atoms with Crippen LogP contribution >= 0.6 is 0 Å². The van der Waals surface area contributed by atoms with Crippen molar-refractivity contribution in [1.82, 2.24) is 25.1 Å². The zero-order chi connectivity index (χ0) is 28.0. The summed E-state index contributed by atoms with van der Waals surface area (Å²) in [6.07, 6.45) is 3.19. The molecule has 11 heteroatoms. The number of hydrogen-bond donors (Lipinski definition) is 1. The first-order valence-corrected chi connectivity index (χ1v) is 13.4. The highest BCUT2D eigenvalue weighted by atomic mass is 19.3. The number of halogens is 2. The van der Waals surface area contributed by atoms with E-state index < -0.39 is 5.92 Å². The molecule has 0 amide bonds. The van der Waals surface area contributed by atoms with Crippen LogP contribution in [0.15, 0.2) is 73.1 Å². The van der Waals surface area contributed by atoms with Crippen LogP contribution < -0.4 is 19.7 Å². The molecule has 1 N–H and O–H groups in total. The Morgan fingerprint density at radius 3 is 2.61 bits per heavy atom. The van der Waals surface area contributed by atoms with Gasteiger partial charge in [0.05, 0.1) is 25.4 Å². The Hall–Kier alpha value is -4.64.